The number of hydrogen-bond acceptors (Lipinski definition) is 5. The first-order valence-electron chi connectivity index (χ1n) is 9.61. The van der Waals surface area contributed by atoms with Gasteiger partial charge in [-0.25, -0.2) is 0 Å². The van der Waals surface area contributed by atoms with E-state index in [4.69, 9.17) is 9.47 Å². The third-order valence-electron chi connectivity index (χ3n) is 4.79. The van der Waals surface area contributed by atoms with Crippen LogP contribution in [0.3, 0.4) is 0 Å². The Morgan fingerprint density at radius 3 is 2.79 bits per heavy atom. The van der Waals surface area contributed by atoms with Crippen LogP contribution in [0.1, 0.15) is 42.6 Å². The average molecular weight is 381 g/mol. The highest BCUT2D eigenvalue weighted by atomic mass is 16.5. The van der Waals surface area contributed by atoms with Crippen molar-refractivity contribution in [1.82, 2.24) is 10.3 Å². The highest BCUT2D eigenvalue weighted by Crippen LogP contribution is 2.31. The van der Waals surface area contributed by atoms with Crippen molar-refractivity contribution < 1.29 is 14.3 Å². The predicted octanol–water partition coefficient (Wildman–Crippen LogP) is 4.46. The van der Waals surface area contributed by atoms with Gasteiger partial charge in [0.1, 0.15) is 17.2 Å². The second-order valence-corrected chi connectivity index (χ2v) is 6.74. The molecular weight excluding hydrogens is 354 g/mol. The van der Waals surface area contributed by atoms with Gasteiger partial charge in [0.15, 0.2) is 0 Å². The van der Waals surface area contributed by atoms with E-state index in [1.807, 2.05) is 24.3 Å². The van der Waals surface area contributed by atoms with E-state index in [9.17, 15) is 4.79 Å². The van der Waals surface area contributed by atoms with E-state index >= 15 is 0 Å². The molecule has 1 aliphatic rings. The van der Waals surface area contributed by atoms with Gasteiger partial charge in [0.2, 0.25) is 0 Å². The highest BCUT2D eigenvalue weighted by molar-refractivity contribution is 5.93. The number of anilines is 2. The number of pyridine rings is 1. The van der Waals surface area contributed by atoms with Crippen molar-refractivity contribution in [3.8, 4) is 11.5 Å². The Morgan fingerprint density at radius 1 is 1.14 bits per heavy atom. The molecule has 0 aliphatic heterocycles. The van der Waals surface area contributed by atoms with Crippen molar-refractivity contribution in [1.29, 1.82) is 0 Å². The van der Waals surface area contributed by atoms with Gasteiger partial charge in [0.25, 0.3) is 5.91 Å². The number of ether oxygens (including phenoxy) is 2. The lowest BCUT2D eigenvalue weighted by Gasteiger charge is -2.14. The van der Waals surface area contributed by atoms with Crippen molar-refractivity contribution in [2.24, 2.45) is 0 Å². The molecule has 1 aliphatic carbocycles. The molecular formula is C22H27N3O3. The summed E-state index contributed by atoms with van der Waals surface area (Å²) in [7, 11) is 3.23. The molecule has 6 nitrogen and oxygen atoms in total. The number of nitrogens with zero attached hydrogens (tertiary/aromatic N) is 1. The maximum atomic E-state index is 12.4. The van der Waals surface area contributed by atoms with E-state index in [0.29, 0.717) is 23.7 Å². The summed E-state index contributed by atoms with van der Waals surface area (Å²) in [5, 5.41) is 6.23. The second kappa shape index (κ2) is 9.78. The summed E-state index contributed by atoms with van der Waals surface area (Å²) in [6, 6.07) is 9.04. The lowest BCUT2D eigenvalue weighted by molar-refractivity contribution is 0.0949. The Kier molecular flexibility index (Phi) is 6.89. The molecule has 3 rings (SSSR count). The predicted molar refractivity (Wildman–Crippen MR) is 111 cm³/mol. The Labute approximate surface area is 166 Å². The number of nitrogens with one attached hydrogen (secondary N) is 2. The summed E-state index contributed by atoms with van der Waals surface area (Å²) in [5.74, 6) is 1.23. The molecule has 0 radical (unpaired) electrons. The number of rotatable bonds is 8. The van der Waals surface area contributed by atoms with Crippen LogP contribution in [-0.2, 0) is 0 Å². The number of carbonyl (C=O) groups excluding carboxylic acids is 1. The van der Waals surface area contributed by atoms with Crippen molar-refractivity contribution in [2.45, 2.75) is 32.1 Å². The van der Waals surface area contributed by atoms with Gasteiger partial charge in [-0.1, -0.05) is 11.6 Å². The Hall–Kier alpha value is -3.02. The quantitative estimate of drug-likeness (QED) is 0.661. The van der Waals surface area contributed by atoms with E-state index in [1.165, 1.54) is 18.4 Å². The first kappa shape index (κ1) is 19.7. The minimum Gasteiger partial charge on any atom is -0.497 e. The molecule has 28 heavy (non-hydrogen) atoms. The van der Waals surface area contributed by atoms with Gasteiger partial charge in [0.05, 0.1) is 19.9 Å². The Balaban J connectivity index is 1.63. The fraction of sp³-hybridized carbons (Fsp3) is 0.364. The number of methoxy groups -OCH3 is 2. The van der Waals surface area contributed by atoms with Gasteiger partial charge < -0.3 is 20.1 Å². The van der Waals surface area contributed by atoms with Crippen LogP contribution >= 0.6 is 0 Å². The lowest BCUT2D eigenvalue weighted by Crippen LogP contribution is -2.25. The third-order valence-corrected chi connectivity index (χ3v) is 4.79. The van der Waals surface area contributed by atoms with Gasteiger partial charge in [0, 0.05) is 24.5 Å². The molecule has 0 bridgehead atoms. The molecule has 0 atom stereocenters. The molecule has 2 N–H and O–H groups in total. The molecule has 0 spiro atoms. The summed E-state index contributed by atoms with van der Waals surface area (Å²) in [6.45, 7) is 0.633. The van der Waals surface area contributed by atoms with E-state index in [-0.39, 0.29) is 5.91 Å². The van der Waals surface area contributed by atoms with Crippen molar-refractivity contribution in [2.75, 3.05) is 26.1 Å². The zero-order chi connectivity index (χ0) is 19.8. The summed E-state index contributed by atoms with van der Waals surface area (Å²) >= 11 is 0. The monoisotopic (exact) mass is 381 g/mol. The lowest BCUT2D eigenvalue weighted by atomic mass is 9.97. The first-order valence-corrected chi connectivity index (χ1v) is 9.61. The fourth-order valence-corrected chi connectivity index (χ4v) is 3.26. The van der Waals surface area contributed by atoms with E-state index in [2.05, 4.69) is 21.7 Å². The Morgan fingerprint density at radius 2 is 2.04 bits per heavy atom. The van der Waals surface area contributed by atoms with Crippen LogP contribution in [0.15, 0.2) is 48.2 Å². The minimum absolute atomic E-state index is 0.169. The van der Waals surface area contributed by atoms with Gasteiger partial charge in [-0.2, -0.15) is 0 Å². The number of benzene rings is 1. The van der Waals surface area contributed by atoms with Crippen LogP contribution in [0.4, 0.5) is 11.4 Å². The first-order chi connectivity index (χ1) is 13.7. The van der Waals surface area contributed by atoms with Crippen LogP contribution in [-0.4, -0.2) is 31.7 Å². The number of amides is 1. The van der Waals surface area contributed by atoms with Crippen LogP contribution in [0, 0.1) is 0 Å². The van der Waals surface area contributed by atoms with Crippen molar-refractivity contribution in [3.05, 3.63) is 53.9 Å². The topological polar surface area (TPSA) is 72.5 Å². The van der Waals surface area contributed by atoms with Crippen LogP contribution < -0.4 is 20.1 Å². The molecule has 0 saturated carbocycles. The number of aromatic nitrogens is 1. The maximum absolute atomic E-state index is 12.4. The fourth-order valence-electron chi connectivity index (χ4n) is 3.26. The standard InChI is InChI=1S/C22H27N3O3/c1-27-18-8-9-21(28-2)19(15-18)25-17-11-13-23-20(14-17)22(26)24-12-10-16-6-4-3-5-7-16/h6,8-9,11,13-15H,3-5,7,10,12H2,1-2H3,(H,23,25)(H,24,26). The normalized spacial score (nSPS) is 13.4. The largest absolute Gasteiger partial charge is 0.497 e. The second-order valence-electron chi connectivity index (χ2n) is 6.74. The van der Waals surface area contributed by atoms with Gasteiger partial charge in [-0.15, -0.1) is 0 Å². The van der Waals surface area contributed by atoms with Crippen molar-refractivity contribution in [3.63, 3.8) is 0 Å². The van der Waals surface area contributed by atoms with Crippen molar-refractivity contribution >= 4 is 17.3 Å². The molecule has 1 heterocycles. The van der Waals surface area contributed by atoms with E-state index in [0.717, 1.165) is 30.6 Å². The molecule has 0 unspecified atom stereocenters. The average Bonchev–Trinajstić information content (AvgIpc) is 2.74. The van der Waals surface area contributed by atoms with E-state index in [1.54, 1.807) is 26.5 Å². The molecule has 0 fully saturated rings. The smallest absolute Gasteiger partial charge is 0.269 e. The zero-order valence-electron chi connectivity index (χ0n) is 16.5. The summed E-state index contributed by atoms with van der Waals surface area (Å²) in [6.07, 6.45) is 9.67. The van der Waals surface area contributed by atoms with Crippen LogP contribution in [0.2, 0.25) is 0 Å². The molecule has 0 saturated heterocycles. The molecule has 6 heteroatoms. The van der Waals surface area contributed by atoms with Gasteiger partial charge in [-0.3, -0.25) is 9.78 Å². The zero-order valence-corrected chi connectivity index (χ0v) is 16.5. The summed E-state index contributed by atoms with van der Waals surface area (Å²) < 4.78 is 10.7. The van der Waals surface area contributed by atoms with Gasteiger partial charge in [-0.05, 0) is 56.4 Å². The maximum Gasteiger partial charge on any atom is 0.269 e. The molecule has 1 aromatic carbocycles. The van der Waals surface area contributed by atoms with E-state index < -0.39 is 0 Å². The number of hydrogen-bond donors (Lipinski definition) is 2. The van der Waals surface area contributed by atoms with Gasteiger partial charge >= 0.3 is 0 Å². The number of carbonyl (C=O) groups is 1. The Bertz CT molecular complexity index is 849. The number of allylic oxidation sites excluding steroid dienone is 1. The SMILES string of the molecule is COc1ccc(OC)c(Nc2ccnc(C(=O)NCCC3=CCCCC3)c2)c1. The van der Waals surface area contributed by atoms with Crippen LogP contribution in [0.25, 0.3) is 0 Å². The summed E-state index contributed by atoms with van der Waals surface area (Å²) in [5.41, 5.74) is 3.33. The molecule has 1 amide bonds. The third kappa shape index (κ3) is 5.25. The summed E-state index contributed by atoms with van der Waals surface area (Å²) in [4.78, 5) is 16.6. The molecule has 148 valence electrons. The minimum atomic E-state index is -0.169. The highest BCUT2D eigenvalue weighted by Gasteiger charge is 2.11. The molecule has 1 aromatic heterocycles. The van der Waals surface area contributed by atoms with Crippen LogP contribution in [0.5, 0.6) is 11.5 Å². The molecule has 2 aromatic rings.